The average Bonchev–Trinajstić information content (AvgIpc) is 2.61. The molecule has 0 saturated carbocycles. The van der Waals surface area contributed by atoms with E-state index >= 15 is 0 Å². The third kappa shape index (κ3) is 4.92. The number of hydrogen-bond donors (Lipinski definition) is 1. The first-order chi connectivity index (χ1) is 13.0. The molecule has 0 radical (unpaired) electrons. The second-order valence-corrected chi connectivity index (χ2v) is 10.0. The summed E-state index contributed by atoms with van der Waals surface area (Å²) in [5, 5.41) is 19.2. The summed E-state index contributed by atoms with van der Waals surface area (Å²) in [6, 6.07) is 14.0. The smallest absolute Gasteiger partial charge is 0.247 e. The minimum atomic E-state index is -3.98. The lowest BCUT2D eigenvalue weighted by molar-refractivity contribution is 0.251. The van der Waals surface area contributed by atoms with Crippen molar-refractivity contribution in [2.45, 2.75) is 57.4 Å². The Hall–Kier alpha value is -2.36. The van der Waals surface area contributed by atoms with Gasteiger partial charge in [-0.2, -0.15) is 9.57 Å². The van der Waals surface area contributed by atoms with Gasteiger partial charge in [0, 0.05) is 12.1 Å². The van der Waals surface area contributed by atoms with Gasteiger partial charge in [0.1, 0.15) is 10.6 Å². The lowest BCUT2D eigenvalue weighted by Gasteiger charge is -2.34. The van der Waals surface area contributed by atoms with Gasteiger partial charge in [0.15, 0.2) is 0 Å². The molecule has 5 nitrogen and oxygen atoms in total. The fourth-order valence-corrected chi connectivity index (χ4v) is 4.92. The Morgan fingerprint density at radius 2 is 1.71 bits per heavy atom. The molecular weight excluding hydrogens is 372 g/mol. The van der Waals surface area contributed by atoms with Crippen molar-refractivity contribution in [2.24, 2.45) is 0 Å². The van der Waals surface area contributed by atoms with Crippen molar-refractivity contribution >= 4 is 10.0 Å². The molecule has 0 unspecified atom stereocenters. The van der Waals surface area contributed by atoms with Crippen molar-refractivity contribution in [3.05, 3.63) is 59.2 Å². The zero-order valence-corrected chi connectivity index (χ0v) is 17.9. The maximum atomic E-state index is 13.3. The highest BCUT2D eigenvalue weighted by atomic mass is 32.2. The molecule has 1 N–H and O–H groups in total. The van der Waals surface area contributed by atoms with Crippen LogP contribution < -0.4 is 0 Å². The number of phenolic OH excluding ortho intramolecular Hbond substituents is 1. The van der Waals surface area contributed by atoms with Crippen LogP contribution in [-0.2, 0) is 16.4 Å². The van der Waals surface area contributed by atoms with Gasteiger partial charge in [-0.1, -0.05) is 38.1 Å². The van der Waals surface area contributed by atoms with Crippen LogP contribution in [0.2, 0.25) is 0 Å². The summed E-state index contributed by atoms with van der Waals surface area (Å²) in [5.74, 6) is 0.0884. The van der Waals surface area contributed by atoms with E-state index in [0.29, 0.717) is 12.3 Å². The van der Waals surface area contributed by atoms with Crippen LogP contribution in [0.1, 0.15) is 57.2 Å². The first kappa shape index (κ1) is 21.9. The highest BCUT2D eigenvalue weighted by Gasteiger charge is 2.35. The van der Waals surface area contributed by atoms with Crippen LogP contribution in [0.3, 0.4) is 0 Å². The molecule has 0 spiro atoms. The molecule has 0 aliphatic heterocycles. The first-order valence-electron chi connectivity index (χ1n) is 9.31. The number of benzene rings is 2. The summed E-state index contributed by atoms with van der Waals surface area (Å²) in [6.45, 7) is 9.98. The van der Waals surface area contributed by atoms with Gasteiger partial charge in [0.2, 0.25) is 10.0 Å². The van der Waals surface area contributed by atoms with Crippen LogP contribution in [0.15, 0.2) is 47.4 Å². The summed E-state index contributed by atoms with van der Waals surface area (Å²) in [5.41, 5.74) is 1.78. The van der Waals surface area contributed by atoms with Crippen molar-refractivity contribution < 1.29 is 13.5 Å². The molecule has 0 bridgehead atoms. The molecule has 6 heteroatoms. The van der Waals surface area contributed by atoms with E-state index in [2.05, 4.69) is 26.0 Å². The standard InChI is InChI=1S/C22H28N2O3S/c1-16(2)19-9-6-17(7-10-19)12-13-24(22(3,4)5)28(26,27)21-14-18(15-23)8-11-20(21)25/h6-11,14,16,25H,12-13H2,1-5H3. The molecule has 0 saturated heterocycles. The largest absolute Gasteiger partial charge is 0.507 e. The number of rotatable bonds is 6. The van der Waals surface area contributed by atoms with Gasteiger partial charge in [-0.15, -0.1) is 0 Å². The topological polar surface area (TPSA) is 81.4 Å². The number of aromatic hydroxyl groups is 1. The summed E-state index contributed by atoms with van der Waals surface area (Å²) in [7, 11) is -3.98. The van der Waals surface area contributed by atoms with Crippen LogP contribution in [0.4, 0.5) is 0 Å². The lowest BCUT2D eigenvalue weighted by atomic mass is 10.0. The van der Waals surface area contributed by atoms with Gasteiger partial charge < -0.3 is 5.11 Å². The maximum Gasteiger partial charge on any atom is 0.247 e. The number of sulfonamides is 1. The van der Waals surface area contributed by atoms with Gasteiger partial charge in [-0.3, -0.25) is 0 Å². The molecular formula is C22H28N2O3S. The Balaban J connectivity index is 2.35. The molecule has 0 atom stereocenters. The van der Waals surface area contributed by atoms with Crippen molar-refractivity contribution in [3.63, 3.8) is 0 Å². The summed E-state index contributed by atoms with van der Waals surface area (Å²) in [6.07, 6.45) is 0.549. The van der Waals surface area contributed by atoms with Gasteiger partial charge in [-0.05, 0) is 62.4 Å². The summed E-state index contributed by atoms with van der Waals surface area (Å²) in [4.78, 5) is -0.239. The summed E-state index contributed by atoms with van der Waals surface area (Å²) >= 11 is 0. The van der Waals surface area contributed by atoms with E-state index in [-0.39, 0.29) is 22.8 Å². The Morgan fingerprint density at radius 3 is 2.21 bits per heavy atom. The molecule has 2 aromatic carbocycles. The normalized spacial score (nSPS) is 12.4. The van der Waals surface area contributed by atoms with Crippen molar-refractivity contribution in [2.75, 3.05) is 6.54 Å². The third-order valence-electron chi connectivity index (χ3n) is 4.66. The minimum absolute atomic E-state index is 0.189. The minimum Gasteiger partial charge on any atom is -0.507 e. The second-order valence-electron chi connectivity index (χ2n) is 8.19. The van der Waals surface area contributed by atoms with E-state index in [1.54, 1.807) is 0 Å². The lowest BCUT2D eigenvalue weighted by Crippen LogP contribution is -2.46. The Kier molecular flexibility index (Phi) is 6.53. The molecule has 0 aromatic heterocycles. The van der Waals surface area contributed by atoms with Gasteiger partial charge in [0.25, 0.3) is 0 Å². The molecule has 2 rings (SSSR count). The maximum absolute atomic E-state index is 13.3. The van der Waals surface area contributed by atoms with Crippen molar-refractivity contribution in [1.82, 2.24) is 4.31 Å². The molecule has 2 aromatic rings. The van der Waals surface area contributed by atoms with Crippen molar-refractivity contribution in [3.8, 4) is 11.8 Å². The predicted molar refractivity (Wildman–Crippen MR) is 111 cm³/mol. The number of hydrogen-bond acceptors (Lipinski definition) is 4. The molecule has 28 heavy (non-hydrogen) atoms. The molecule has 0 fully saturated rings. The number of phenols is 1. The predicted octanol–water partition coefficient (Wildman–Crippen LogP) is 4.42. The van der Waals surface area contributed by atoms with E-state index in [4.69, 9.17) is 5.26 Å². The molecule has 150 valence electrons. The monoisotopic (exact) mass is 400 g/mol. The van der Waals surface area contributed by atoms with Gasteiger partial charge in [0.05, 0.1) is 11.6 Å². The Morgan fingerprint density at radius 1 is 1.11 bits per heavy atom. The zero-order valence-electron chi connectivity index (χ0n) is 17.1. The zero-order chi connectivity index (χ0) is 21.1. The number of nitriles is 1. The van der Waals surface area contributed by atoms with Gasteiger partial charge >= 0.3 is 0 Å². The SMILES string of the molecule is CC(C)c1ccc(CCN(C(C)(C)C)S(=O)(=O)c2cc(C#N)ccc2O)cc1. The quantitative estimate of drug-likeness (QED) is 0.778. The summed E-state index contributed by atoms with van der Waals surface area (Å²) < 4.78 is 28.0. The third-order valence-corrected chi connectivity index (χ3v) is 6.85. The molecule has 0 heterocycles. The molecule has 0 aliphatic carbocycles. The van der Waals surface area contributed by atoms with Crippen LogP contribution in [-0.4, -0.2) is 29.9 Å². The van der Waals surface area contributed by atoms with Gasteiger partial charge in [-0.25, -0.2) is 8.42 Å². The van der Waals surface area contributed by atoms with E-state index in [1.807, 2.05) is 39.0 Å². The van der Waals surface area contributed by atoms with Crippen LogP contribution >= 0.6 is 0 Å². The van der Waals surface area contributed by atoms with E-state index in [1.165, 1.54) is 28.1 Å². The second kappa shape index (κ2) is 8.34. The molecule has 0 aliphatic rings. The number of nitrogens with zero attached hydrogens (tertiary/aromatic N) is 2. The molecule has 0 amide bonds. The van der Waals surface area contributed by atoms with E-state index < -0.39 is 15.6 Å². The highest BCUT2D eigenvalue weighted by Crippen LogP contribution is 2.31. The van der Waals surface area contributed by atoms with E-state index in [9.17, 15) is 13.5 Å². The highest BCUT2D eigenvalue weighted by molar-refractivity contribution is 7.89. The van der Waals surface area contributed by atoms with E-state index in [0.717, 1.165) is 5.56 Å². The Bertz CT molecular complexity index is 966. The fourth-order valence-electron chi connectivity index (χ4n) is 3.02. The van der Waals surface area contributed by atoms with Crippen molar-refractivity contribution in [1.29, 1.82) is 5.26 Å². The average molecular weight is 401 g/mol. The van der Waals surface area contributed by atoms with Crippen LogP contribution in [0.25, 0.3) is 0 Å². The fraction of sp³-hybridized carbons (Fsp3) is 0.409. The first-order valence-corrected chi connectivity index (χ1v) is 10.8. The van der Waals surface area contributed by atoms with Crippen LogP contribution in [0, 0.1) is 11.3 Å². The Labute approximate surface area is 168 Å². The van der Waals surface area contributed by atoms with Crippen LogP contribution in [0.5, 0.6) is 5.75 Å².